The molecule has 1 unspecified atom stereocenters. The minimum Gasteiger partial charge on any atom is -0.396 e. The third-order valence-electron chi connectivity index (χ3n) is 3.18. The monoisotopic (exact) mass is 267 g/mol. The Kier molecular flexibility index (Phi) is 4.75. The highest BCUT2D eigenvalue weighted by molar-refractivity contribution is 5.96. The first kappa shape index (κ1) is 13.8. The summed E-state index contributed by atoms with van der Waals surface area (Å²) in [5.74, 6) is 0.176. The average molecular weight is 267 g/mol. The number of carbonyl (C=O) groups excluding carboxylic acids is 1. The Bertz CT molecular complexity index is 414. The van der Waals surface area contributed by atoms with E-state index in [0.29, 0.717) is 23.8 Å². The minimum atomic E-state index is -0.205. The number of ether oxygens (including phenoxy) is 1. The van der Waals surface area contributed by atoms with Gasteiger partial charge in [0.25, 0.3) is 5.91 Å². The van der Waals surface area contributed by atoms with E-state index < -0.39 is 0 Å². The third kappa shape index (κ3) is 3.93. The summed E-state index contributed by atoms with van der Waals surface area (Å²) in [6.07, 6.45) is 1.44. The molecule has 1 aromatic rings. The number of morpholine rings is 1. The van der Waals surface area contributed by atoms with Crippen LogP contribution in [0.5, 0.6) is 0 Å². The Morgan fingerprint density at radius 3 is 3.00 bits per heavy atom. The molecule has 0 aliphatic carbocycles. The van der Waals surface area contributed by atoms with Gasteiger partial charge in [0.05, 0.1) is 25.1 Å². The highest BCUT2D eigenvalue weighted by atomic mass is 16.5. The van der Waals surface area contributed by atoms with Gasteiger partial charge in [-0.2, -0.15) is 5.10 Å². The number of H-pyrrole nitrogens is 1. The summed E-state index contributed by atoms with van der Waals surface area (Å²) in [6, 6.07) is 0. The summed E-state index contributed by atoms with van der Waals surface area (Å²) in [6.45, 7) is 7.22. The van der Waals surface area contributed by atoms with E-state index in [-0.39, 0.29) is 5.91 Å². The van der Waals surface area contributed by atoms with Crippen molar-refractivity contribution in [3.05, 3.63) is 11.9 Å². The number of rotatable bonds is 5. The molecular weight excluding hydrogens is 246 g/mol. The van der Waals surface area contributed by atoms with E-state index in [2.05, 4.69) is 27.3 Å². The number of nitrogen functional groups attached to an aromatic ring is 1. The quantitative estimate of drug-likeness (QED) is 0.680. The largest absolute Gasteiger partial charge is 0.396 e. The van der Waals surface area contributed by atoms with Crippen LogP contribution in [0, 0.1) is 5.92 Å². The highest BCUT2D eigenvalue weighted by Crippen LogP contribution is 2.06. The molecule has 7 nitrogen and oxygen atoms in total. The molecule has 1 saturated heterocycles. The molecule has 2 heterocycles. The Morgan fingerprint density at radius 2 is 2.37 bits per heavy atom. The van der Waals surface area contributed by atoms with E-state index in [1.54, 1.807) is 0 Å². The summed E-state index contributed by atoms with van der Waals surface area (Å²) in [7, 11) is 0. The molecule has 1 aliphatic heterocycles. The van der Waals surface area contributed by atoms with Crippen LogP contribution in [0.4, 0.5) is 5.69 Å². The molecule has 1 aromatic heterocycles. The van der Waals surface area contributed by atoms with E-state index in [4.69, 9.17) is 10.5 Å². The molecule has 1 fully saturated rings. The van der Waals surface area contributed by atoms with Crippen molar-refractivity contribution in [1.82, 2.24) is 20.4 Å². The first-order valence-electron chi connectivity index (χ1n) is 6.54. The second kappa shape index (κ2) is 6.53. The number of hydrogen-bond donors (Lipinski definition) is 3. The second-order valence-electron chi connectivity index (χ2n) is 4.93. The van der Waals surface area contributed by atoms with Crippen LogP contribution in [0.2, 0.25) is 0 Å². The molecule has 0 bridgehead atoms. The number of anilines is 1. The molecule has 0 aromatic carbocycles. The first-order valence-corrected chi connectivity index (χ1v) is 6.54. The zero-order chi connectivity index (χ0) is 13.7. The fourth-order valence-corrected chi connectivity index (χ4v) is 2.12. The zero-order valence-electron chi connectivity index (χ0n) is 11.2. The van der Waals surface area contributed by atoms with Crippen molar-refractivity contribution < 1.29 is 9.53 Å². The van der Waals surface area contributed by atoms with Gasteiger partial charge >= 0.3 is 0 Å². The molecule has 2 rings (SSSR count). The van der Waals surface area contributed by atoms with Crippen molar-refractivity contribution >= 4 is 11.6 Å². The lowest BCUT2D eigenvalue weighted by Crippen LogP contribution is -2.41. The van der Waals surface area contributed by atoms with Crippen molar-refractivity contribution in [1.29, 1.82) is 0 Å². The molecule has 1 aliphatic rings. The lowest BCUT2D eigenvalue weighted by atomic mass is 10.1. The van der Waals surface area contributed by atoms with Gasteiger partial charge in [0, 0.05) is 26.2 Å². The number of aromatic nitrogens is 2. The lowest BCUT2D eigenvalue weighted by molar-refractivity contribution is 0.0317. The molecular formula is C12H21N5O2. The first-order chi connectivity index (χ1) is 9.16. The topological polar surface area (TPSA) is 96.3 Å². The molecule has 0 spiro atoms. The molecule has 106 valence electrons. The van der Waals surface area contributed by atoms with Crippen molar-refractivity contribution in [2.24, 2.45) is 5.92 Å². The summed E-state index contributed by atoms with van der Waals surface area (Å²) in [4.78, 5) is 14.2. The van der Waals surface area contributed by atoms with Crippen LogP contribution < -0.4 is 11.1 Å². The van der Waals surface area contributed by atoms with E-state index in [1.807, 2.05) is 0 Å². The van der Waals surface area contributed by atoms with Crippen LogP contribution in [0.3, 0.4) is 0 Å². The molecule has 4 N–H and O–H groups in total. The van der Waals surface area contributed by atoms with Gasteiger partial charge in [-0.05, 0) is 5.92 Å². The minimum absolute atomic E-state index is 0.205. The van der Waals surface area contributed by atoms with Crippen LogP contribution in [0.25, 0.3) is 0 Å². The Hall–Kier alpha value is -1.60. The standard InChI is InChI=1S/C12H21N5O2/c1-9(8-17-2-4-19-5-3-17)6-14-12(18)11-10(13)7-15-16-11/h7,9H,2-6,8,13H2,1H3,(H,14,18)(H,15,16). The van der Waals surface area contributed by atoms with Crippen LogP contribution in [0.15, 0.2) is 6.20 Å². The number of nitrogens with zero attached hydrogens (tertiary/aromatic N) is 2. The fraction of sp³-hybridized carbons (Fsp3) is 0.667. The Morgan fingerprint density at radius 1 is 1.63 bits per heavy atom. The van der Waals surface area contributed by atoms with Crippen LogP contribution in [-0.2, 0) is 4.74 Å². The number of nitrogens with two attached hydrogens (primary N) is 1. The lowest BCUT2D eigenvalue weighted by Gasteiger charge is -2.29. The molecule has 1 amide bonds. The van der Waals surface area contributed by atoms with Gasteiger partial charge in [-0.1, -0.05) is 6.92 Å². The molecule has 7 heteroatoms. The maximum absolute atomic E-state index is 11.8. The Labute approximate surface area is 112 Å². The van der Waals surface area contributed by atoms with Crippen molar-refractivity contribution in [2.45, 2.75) is 6.92 Å². The van der Waals surface area contributed by atoms with Gasteiger partial charge in [0.15, 0.2) is 0 Å². The van der Waals surface area contributed by atoms with Gasteiger partial charge in [0.2, 0.25) is 0 Å². The summed E-state index contributed by atoms with van der Waals surface area (Å²) in [5, 5.41) is 9.19. The molecule has 0 saturated carbocycles. The SMILES string of the molecule is CC(CNC(=O)c1[nH]ncc1N)CN1CCOCC1. The summed E-state index contributed by atoms with van der Waals surface area (Å²) < 4.78 is 5.31. The average Bonchev–Trinajstić information content (AvgIpc) is 2.83. The number of amides is 1. The van der Waals surface area contributed by atoms with Gasteiger partial charge in [-0.25, -0.2) is 0 Å². The van der Waals surface area contributed by atoms with Crippen molar-refractivity contribution in [3.63, 3.8) is 0 Å². The van der Waals surface area contributed by atoms with Crippen molar-refractivity contribution in [3.8, 4) is 0 Å². The highest BCUT2D eigenvalue weighted by Gasteiger charge is 2.16. The van der Waals surface area contributed by atoms with E-state index in [0.717, 1.165) is 32.8 Å². The normalized spacial score (nSPS) is 18.2. The summed E-state index contributed by atoms with van der Waals surface area (Å²) >= 11 is 0. The number of aromatic amines is 1. The van der Waals surface area contributed by atoms with Crippen LogP contribution in [-0.4, -0.2) is 60.4 Å². The van der Waals surface area contributed by atoms with Crippen LogP contribution in [0.1, 0.15) is 17.4 Å². The van der Waals surface area contributed by atoms with Gasteiger partial charge in [-0.3, -0.25) is 14.8 Å². The number of hydrogen-bond acceptors (Lipinski definition) is 5. The van der Waals surface area contributed by atoms with Gasteiger partial charge in [0.1, 0.15) is 5.69 Å². The molecule has 19 heavy (non-hydrogen) atoms. The van der Waals surface area contributed by atoms with E-state index in [1.165, 1.54) is 6.20 Å². The second-order valence-corrected chi connectivity index (χ2v) is 4.93. The maximum atomic E-state index is 11.8. The maximum Gasteiger partial charge on any atom is 0.271 e. The Balaban J connectivity index is 1.72. The predicted molar refractivity (Wildman–Crippen MR) is 71.8 cm³/mol. The molecule has 0 radical (unpaired) electrons. The number of nitrogens with one attached hydrogen (secondary N) is 2. The van der Waals surface area contributed by atoms with Crippen molar-refractivity contribution in [2.75, 3.05) is 45.1 Å². The van der Waals surface area contributed by atoms with Gasteiger partial charge < -0.3 is 15.8 Å². The number of carbonyl (C=O) groups is 1. The van der Waals surface area contributed by atoms with E-state index >= 15 is 0 Å². The fourth-order valence-electron chi connectivity index (χ4n) is 2.12. The summed E-state index contributed by atoms with van der Waals surface area (Å²) in [5.41, 5.74) is 6.33. The third-order valence-corrected chi connectivity index (χ3v) is 3.18. The van der Waals surface area contributed by atoms with Gasteiger partial charge in [-0.15, -0.1) is 0 Å². The van der Waals surface area contributed by atoms with Crippen LogP contribution >= 0.6 is 0 Å². The predicted octanol–water partition coefficient (Wildman–Crippen LogP) is -0.310. The molecule has 1 atom stereocenters. The smallest absolute Gasteiger partial charge is 0.271 e. The zero-order valence-corrected chi connectivity index (χ0v) is 11.2. The van der Waals surface area contributed by atoms with E-state index in [9.17, 15) is 4.79 Å².